The molecule has 0 rings (SSSR count). The molecule has 0 aromatic carbocycles. The fraction of sp³-hybridized carbons (Fsp3) is 0. The second kappa shape index (κ2) is 17.6. The van der Waals surface area contributed by atoms with Crippen molar-refractivity contribution < 1.29 is 134 Å². The first-order valence-electron chi connectivity index (χ1n) is 1.30. The van der Waals surface area contributed by atoms with E-state index in [1.54, 1.807) is 0 Å². The van der Waals surface area contributed by atoms with Crippen LogP contribution in [0.4, 0.5) is 0 Å². The van der Waals surface area contributed by atoms with E-state index in [0.717, 1.165) is 0 Å². The van der Waals surface area contributed by atoms with Crippen LogP contribution < -0.4 is 103 Å². The van der Waals surface area contributed by atoms with Gasteiger partial charge in [0.05, 0.1) is 0 Å². The van der Waals surface area contributed by atoms with Crippen molar-refractivity contribution in [3.8, 4) is 0 Å². The fourth-order valence-electron chi connectivity index (χ4n) is 0. The number of rotatable bonds is 0. The Morgan fingerprint density at radius 1 is 0.800 bits per heavy atom. The van der Waals surface area contributed by atoms with E-state index in [1.165, 1.54) is 0 Å². The van der Waals surface area contributed by atoms with Gasteiger partial charge in [-0.05, 0) is 0 Å². The molecule has 6 nitrogen and oxygen atoms in total. The van der Waals surface area contributed by atoms with Crippen molar-refractivity contribution in [1.82, 2.24) is 0 Å². The van der Waals surface area contributed by atoms with Crippen LogP contribution >= 0.6 is 0 Å². The molecule has 0 aromatic rings. The molecule has 0 atom stereocenters. The molecule has 0 saturated carbocycles. The molecule has 0 fully saturated rings. The molecule has 0 amide bonds. The zero-order valence-corrected chi connectivity index (χ0v) is 13.9. The smallest absolute Gasteiger partial charge is 1.00 e. The van der Waals surface area contributed by atoms with Gasteiger partial charge in [-0.25, -0.2) is 0 Å². The van der Waals surface area contributed by atoms with Gasteiger partial charge in [-0.1, -0.05) is 0 Å². The van der Waals surface area contributed by atoms with Gasteiger partial charge in [-0.2, -0.15) is 0 Å². The molecule has 0 aliphatic rings. The Kier molecular flexibility index (Phi) is 40.2. The van der Waals surface area contributed by atoms with Crippen molar-refractivity contribution in [2.75, 3.05) is 0 Å². The van der Waals surface area contributed by atoms with Crippen LogP contribution in [0.3, 0.4) is 0 Å². The van der Waals surface area contributed by atoms with Crippen LogP contribution in [0.25, 0.3) is 0 Å². The molecular formula is H6K2O6Si2. The van der Waals surface area contributed by atoms with Crippen LogP contribution in [-0.2, 0) is 8.92 Å². The van der Waals surface area contributed by atoms with E-state index in [4.69, 9.17) is 28.1 Å². The average Bonchev–Trinajstić information content (AvgIpc) is 1.25. The van der Waals surface area contributed by atoms with Gasteiger partial charge in [0.25, 0.3) is 0 Å². The van der Waals surface area contributed by atoms with Gasteiger partial charge < -0.3 is 22.0 Å². The Morgan fingerprint density at radius 2 is 0.800 bits per heavy atom. The number of hydrogen-bond donors (Lipinski definition) is 4. The second-order valence-corrected chi connectivity index (χ2v) is 1.70. The summed E-state index contributed by atoms with van der Waals surface area (Å²) in [6.45, 7) is 0. The van der Waals surface area contributed by atoms with Gasteiger partial charge in [0.15, 0.2) is 0 Å². The molecule has 0 unspecified atom stereocenters. The maximum Gasteiger partial charge on any atom is 1.00 e. The molecule has 0 bridgehead atoms. The third-order valence-electron chi connectivity index (χ3n) is 0. The van der Waals surface area contributed by atoms with Crippen molar-refractivity contribution in [2.24, 2.45) is 0 Å². The zero-order chi connectivity index (χ0) is 7.15. The van der Waals surface area contributed by atoms with Crippen LogP contribution in [0.5, 0.6) is 0 Å². The van der Waals surface area contributed by atoms with Gasteiger partial charge in [-0.15, -0.1) is 0 Å². The van der Waals surface area contributed by atoms with Crippen molar-refractivity contribution in [2.45, 2.75) is 0 Å². The summed E-state index contributed by atoms with van der Waals surface area (Å²) in [7, 11) is -6.26. The van der Waals surface area contributed by atoms with Crippen molar-refractivity contribution in [3.63, 3.8) is 0 Å². The predicted molar refractivity (Wildman–Crippen MR) is 24.0 cm³/mol. The molecule has 10 heteroatoms. The first kappa shape index (κ1) is 22.9. The third-order valence-corrected chi connectivity index (χ3v) is 0. The molecule has 0 aliphatic heterocycles. The summed E-state index contributed by atoms with van der Waals surface area (Å²) >= 11 is 0. The largest absolute Gasteiger partial charge is 1.00 e. The third kappa shape index (κ3) is 151. The van der Waals surface area contributed by atoms with E-state index in [-0.39, 0.29) is 106 Å². The molecular weight excluding hydrogens is 230 g/mol. The summed E-state index contributed by atoms with van der Waals surface area (Å²) in [5.74, 6) is 0. The van der Waals surface area contributed by atoms with Crippen molar-refractivity contribution in [3.05, 3.63) is 0 Å². The monoisotopic (exact) mass is 236 g/mol. The SMILES string of the molecule is O=[Si](O)O.O=[Si](O)O.[H-].[H-].[K+].[K+]. The minimum absolute atomic E-state index is 0. The molecule has 0 saturated heterocycles. The van der Waals surface area contributed by atoms with Gasteiger partial charge in [-0.3, -0.25) is 8.92 Å². The molecule has 0 heterocycles. The Bertz CT molecular complexity index is 79.5. The second-order valence-electron chi connectivity index (χ2n) is 0.565. The van der Waals surface area contributed by atoms with Crippen LogP contribution in [0, 0.1) is 0 Å². The summed E-state index contributed by atoms with van der Waals surface area (Å²) in [5, 5.41) is 0. The number of hydrogen-bond acceptors (Lipinski definition) is 2. The quantitative estimate of drug-likeness (QED) is 0.311. The summed E-state index contributed by atoms with van der Waals surface area (Å²) in [6.07, 6.45) is 0. The van der Waals surface area contributed by atoms with E-state index < -0.39 is 18.3 Å². The van der Waals surface area contributed by atoms with Crippen LogP contribution in [-0.4, -0.2) is 37.5 Å². The van der Waals surface area contributed by atoms with Crippen LogP contribution in [0.2, 0.25) is 0 Å². The van der Waals surface area contributed by atoms with E-state index in [0.29, 0.717) is 0 Å². The minimum Gasteiger partial charge on any atom is -1.00 e. The summed E-state index contributed by atoms with van der Waals surface area (Å²) in [4.78, 5) is 28.6. The van der Waals surface area contributed by atoms with Gasteiger partial charge in [0.1, 0.15) is 0 Å². The van der Waals surface area contributed by atoms with Crippen molar-refractivity contribution >= 4 is 18.3 Å². The molecule has 52 valence electrons. The van der Waals surface area contributed by atoms with E-state index in [9.17, 15) is 0 Å². The van der Waals surface area contributed by atoms with Gasteiger partial charge in [0, 0.05) is 0 Å². The van der Waals surface area contributed by atoms with E-state index in [2.05, 4.69) is 0 Å². The molecule has 0 radical (unpaired) electrons. The molecule has 4 N–H and O–H groups in total. The van der Waals surface area contributed by atoms with E-state index >= 15 is 0 Å². The van der Waals surface area contributed by atoms with Gasteiger partial charge in [0.2, 0.25) is 0 Å². The maximum absolute atomic E-state index is 8.74. The van der Waals surface area contributed by atoms with Crippen LogP contribution in [0.15, 0.2) is 0 Å². The topological polar surface area (TPSA) is 115 Å². The predicted octanol–water partition coefficient (Wildman–Crippen LogP) is -8.99. The first-order valence-corrected chi connectivity index (χ1v) is 3.91. The Balaban J connectivity index is -0.0000000112. The first-order chi connectivity index (χ1) is 3.46. The Morgan fingerprint density at radius 3 is 0.800 bits per heavy atom. The standard InChI is InChI=1S/2K.2H2O3Si.2H/c;;2*1-4(2)3;;/h;;2*1-2H;;/q2*+1;;;2*-1. The van der Waals surface area contributed by atoms with Gasteiger partial charge >= 0.3 is 121 Å². The van der Waals surface area contributed by atoms with Crippen molar-refractivity contribution in [1.29, 1.82) is 0 Å². The summed E-state index contributed by atoms with van der Waals surface area (Å²) < 4.78 is 17.5. The summed E-state index contributed by atoms with van der Waals surface area (Å²) in [6, 6.07) is 0. The normalized spacial score (nSPS) is 4.80. The average molecular weight is 236 g/mol. The molecule has 0 aromatic heterocycles. The Labute approximate surface area is 148 Å². The maximum atomic E-state index is 8.74. The van der Waals surface area contributed by atoms with Crippen LogP contribution in [0.1, 0.15) is 2.85 Å². The fourth-order valence-corrected chi connectivity index (χ4v) is 0. The molecule has 0 aliphatic carbocycles. The summed E-state index contributed by atoms with van der Waals surface area (Å²) in [5.41, 5.74) is 0. The zero-order valence-electron chi connectivity index (χ0n) is 7.61. The van der Waals surface area contributed by atoms with E-state index in [1.807, 2.05) is 0 Å². The minimum atomic E-state index is -3.13. The molecule has 10 heavy (non-hydrogen) atoms. The molecule has 0 spiro atoms. The Hall–Kier alpha value is 2.51.